The number of nitrogens with zero attached hydrogens (tertiary/aromatic N) is 3. The second kappa shape index (κ2) is 6.80. The second-order valence-corrected chi connectivity index (χ2v) is 6.32. The van der Waals surface area contributed by atoms with Crippen LogP contribution < -0.4 is 4.90 Å². The van der Waals surface area contributed by atoms with Crippen molar-refractivity contribution in [3.05, 3.63) is 29.8 Å². The first-order valence-electron chi connectivity index (χ1n) is 7.25. The van der Waals surface area contributed by atoms with Gasteiger partial charge in [-0.3, -0.25) is 9.69 Å². The minimum Gasteiger partial charge on any atom is -0.284 e. The summed E-state index contributed by atoms with van der Waals surface area (Å²) < 4.78 is 0. The first-order chi connectivity index (χ1) is 10.0. The zero-order valence-corrected chi connectivity index (χ0v) is 13.8. The van der Waals surface area contributed by atoms with Crippen LogP contribution >= 0.6 is 11.3 Å². The molecule has 0 fully saturated rings. The van der Waals surface area contributed by atoms with Gasteiger partial charge in [-0.05, 0) is 27.2 Å². The number of benzene rings is 1. The predicted octanol–water partition coefficient (Wildman–Crippen LogP) is 4.06. The summed E-state index contributed by atoms with van der Waals surface area (Å²) in [6, 6.07) is 8.26. The fourth-order valence-electron chi connectivity index (χ4n) is 2.08. The molecule has 0 saturated carbocycles. The number of aromatic nitrogens is 2. The van der Waals surface area contributed by atoms with E-state index in [1.807, 2.05) is 32.9 Å². The van der Waals surface area contributed by atoms with Crippen molar-refractivity contribution in [3.8, 4) is 10.6 Å². The Morgan fingerprint density at radius 1 is 1.24 bits per heavy atom. The Labute approximate surface area is 129 Å². The van der Waals surface area contributed by atoms with Gasteiger partial charge in [0.05, 0.1) is 0 Å². The van der Waals surface area contributed by atoms with E-state index in [0.717, 1.165) is 17.0 Å². The van der Waals surface area contributed by atoms with Crippen LogP contribution in [-0.2, 0) is 4.79 Å². The standard InChI is InChI=1S/C16H21N3OS/c1-5-6-14(20)19(11(2)3)16-18-17-15(21-16)13-9-7-12(4)8-10-13/h7-11H,5-6H2,1-4H3. The summed E-state index contributed by atoms with van der Waals surface area (Å²) in [7, 11) is 0. The number of carbonyl (C=O) groups excluding carboxylic acids is 1. The summed E-state index contributed by atoms with van der Waals surface area (Å²) in [5.41, 5.74) is 2.25. The fourth-order valence-corrected chi connectivity index (χ4v) is 3.08. The van der Waals surface area contributed by atoms with Crippen molar-refractivity contribution in [3.63, 3.8) is 0 Å². The molecule has 1 heterocycles. The van der Waals surface area contributed by atoms with Crippen LogP contribution in [0.2, 0.25) is 0 Å². The van der Waals surface area contributed by atoms with Crippen LogP contribution in [0.5, 0.6) is 0 Å². The normalized spacial score (nSPS) is 10.9. The number of carbonyl (C=O) groups is 1. The number of aryl methyl sites for hydroxylation is 1. The lowest BCUT2D eigenvalue weighted by molar-refractivity contribution is -0.119. The average Bonchev–Trinajstić information content (AvgIpc) is 2.89. The third kappa shape index (κ3) is 3.67. The highest BCUT2D eigenvalue weighted by Crippen LogP contribution is 2.30. The maximum absolute atomic E-state index is 12.2. The smallest absolute Gasteiger partial charge is 0.229 e. The van der Waals surface area contributed by atoms with Gasteiger partial charge in [0.1, 0.15) is 5.01 Å². The van der Waals surface area contributed by atoms with Gasteiger partial charge in [-0.1, -0.05) is 48.1 Å². The predicted molar refractivity (Wildman–Crippen MR) is 87.6 cm³/mol. The SMILES string of the molecule is CCCC(=O)N(c1nnc(-c2ccc(C)cc2)s1)C(C)C. The summed E-state index contributed by atoms with van der Waals surface area (Å²) in [5.74, 6) is 0.110. The Bertz CT molecular complexity index is 604. The van der Waals surface area contributed by atoms with Crippen molar-refractivity contribution < 1.29 is 4.79 Å². The monoisotopic (exact) mass is 303 g/mol. The van der Waals surface area contributed by atoms with E-state index in [1.54, 1.807) is 4.90 Å². The van der Waals surface area contributed by atoms with Crippen molar-refractivity contribution in [2.45, 2.75) is 46.6 Å². The van der Waals surface area contributed by atoms with Gasteiger partial charge in [-0.15, -0.1) is 10.2 Å². The number of hydrogen-bond donors (Lipinski definition) is 0. The summed E-state index contributed by atoms with van der Waals surface area (Å²) in [4.78, 5) is 14.0. The molecule has 0 aliphatic rings. The highest BCUT2D eigenvalue weighted by atomic mass is 32.1. The molecule has 21 heavy (non-hydrogen) atoms. The molecule has 0 radical (unpaired) electrons. The third-order valence-electron chi connectivity index (χ3n) is 3.17. The Kier molecular flexibility index (Phi) is 5.07. The quantitative estimate of drug-likeness (QED) is 0.837. The maximum atomic E-state index is 12.2. The van der Waals surface area contributed by atoms with Gasteiger partial charge in [0.15, 0.2) is 0 Å². The van der Waals surface area contributed by atoms with E-state index in [9.17, 15) is 4.79 Å². The van der Waals surface area contributed by atoms with Gasteiger partial charge in [-0.2, -0.15) is 0 Å². The van der Waals surface area contributed by atoms with Gasteiger partial charge >= 0.3 is 0 Å². The van der Waals surface area contributed by atoms with Gasteiger partial charge in [0, 0.05) is 18.0 Å². The van der Waals surface area contributed by atoms with Crippen molar-refractivity contribution >= 4 is 22.4 Å². The molecule has 1 amide bonds. The highest BCUT2D eigenvalue weighted by molar-refractivity contribution is 7.18. The highest BCUT2D eigenvalue weighted by Gasteiger charge is 2.22. The molecule has 112 valence electrons. The zero-order chi connectivity index (χ0) is 15.4. The molecule has 2 aromatic rings. The van der Waals surface area contributed by atoms with Gasteiger partial charge < -0.3 is 0 Å². The minimum absolute atomic E-state index is 0.0860. The van der Waals surface area contributed by atoms with Crippen molar-refractivity contribution in [1.82, 2.24) is 10.2 Å². The molecule has 0 bridgehead atoms. The van der Waals surface area contributed by atoms with Crippen LogP contribution in [0, 0.1) is 6.92 Å². The summed E-state index contributed by atoms with van der Waals surface area (Å²) in [5, 5.41) is 9.98. The van der Waals surface area contributed by atoms with Crippen LogP contribution in [0.4, 0.5) is 5.13 Å². The molecule has 2 rings (SSSR count). The molecule has 1 aromatic heterocycles. The molecule has 0 aliphatic heterocycles. The molecule has 0 unspecified atom stereocenters. The zero-order valence-electron chi connectivity index (χ0n) is 13.0. The van der Waals surface area contributed by atoms with Crippen LogP contribution in [-0.4, -0.2) is 22.1 Å². The molecule has 0 N–H and O–H groups in total. The Morgan fingerprint density at radius 3 is 2.48 bits per heavy atom. The topological polar surface area (TPSA) is 46.1 Å². The fraction of sp³-hybridized carbons (Fsp3) is 0.438. The largest absolute Gasteiger partial charge is 0.284 e. The first kappa shape index (κ1) is 15.6. The molecular weight excluding hydrogens is 282 g/mol. The molecule has 0 aliphatic carbocycles. The van der Waals surface area contributed by atoms with E-state index >= 15 is 0 Å². The average molecular weight is 303 g/mol. The number of rotatable bonds is 5. The van der Waals surface area contributed by atoms with Crippen LogP contribution in [0.15, 0.2) is 24.3 Å². The van der Waals surface area contributed by atoms with Crippen molar-refractivity contribution in [2.75, 3.05) is 4.90 Å². The van der Waals surface area contributed by atoms with Crippen molar-refractivity contribution in [1.29, 1.82) is 0 Å². The second-order valence-electron chi connectivity index (χ2n) is 5.36. The van der Waals surface area contributed by atoms with E-state index in [1.165, 1.54) is 16.9 Å². The Balaban J connectivity index is 2.28. The van der Waals surface area contributed by atoms with E-state index in [2.05, 4.69) is 29.3 Å². The maximum Gasteiger partial charge on any atom is 0.229 e. The lowest BCUT2D eigenvalue weighted by Gasteiger charge is -2.23. The summed E-state index contributed by atoms with van der Waals surface area (Å²) >= 11 is 1.47. The lowest BCUT2D eigenvalue weighted by atomic mass is 10.2. The molecule has 0 atom stereocenters. The van der Waals surface area contributed by atoms with Crippen molar-refractivity contribution in [2.24, 2.45) is 0 Å². The van der Waals surface area contributed by atoms with Gasteiger partial charge in [0.25, 0.3) is 0 Å². The van der Waals surface area contributed by atoms with E-state index in [4.69, 9.17) is 0 Å². The third-order valence-corrected chi connectivity index (χ3v) is 4.14. The molecule has 0 saturated heterocycles. The summed E-state index contributed by atoms with van der Waals surface area (Å²) in [6.45, 7) is 8.06. The number of anilines is 1. The lowest BCUT2D eigenvalue weighted by Crippen LogP contribution is -2.36. The number of amides is 1. The van der Waals surface area contributed by atoms with E-state index in [0.29, 0.717) is 11.6 Å². The molecule has 4 nitrogen and oxygen atoms in total. The molecular formula is C16H21N3OS. The molecule has 1 aromatic carbocycles. The Hall–Kier alpha value is -1.75. The van der Waals surface area contributed by atoms with Crippen LogP contribution in [0.1, 0.15) is 39.2 Å². The Morgan fingerprint density at radius 2 is 1.90 bits per heavy atom. The first-order valence-corrected chi connectivity index (χ1v) is 8.07. The summed E-state index contributed by atoms with van der Waals surface area (Å²) in [6.07, 6.45) is 1.38. The van der Waals surface area contributed by atoms with Gasteiger partial charge in [0.2, 0.25) is 11.0 Å². The van der Waals surface area contributed by atoms with E-state index < -0.39 is 0 Å². The van der Waals surface area contributed by atoms with Gasteiger partial charge in [-0.25, -0.2) is 0 Å². The van der Waals surface area contributed by atoms with Crippen LogP contribution in [0.25, 0.3) is 10.6 Å². The molecule has 5 heteroatoms. The number of hydrogen-bond acceptors (Lipinski definition) is 4. The minimum atomic E-state index is 0.0860. The van der Waals surface area contributed by atoms with Crippen LogP contribution in [0.3, 0.4) is 0 Å². The molecule has 0 spiro atoms. The van der Waals surface area contributed by atoms with E-state index in [-0.39, 0.29) is 11.9 Å².